The Bertz CT molecular complexity index is 2420. The second kappa shape index (κ2) is 16.0. The van der Waals surface area contributed by atoms with Gasteiger partial charge in [0, 0.05) is 54.3 Å². The van der Waals surface area contributed by atoms with Gasteiger partial charge in [-0.15, -0.1) is 0 Å². The molecule has 0 radical (unpaired) electrons. The molecule has 3 aliphatic rings. The number of imide groups is 2. The molecular weight excluding hydrogens is 729 g/mol. The number of anilines is 2. The van der Waals surface area contributed by atoms with E-state index in [1.54, 1.807) is 41.2 Å². The Morgan fingerprint density at radius 3 is 2.67 bits per heavy atom. The highest BCUT2D eigenvalue weighted by molar-refractivity contribution is 6.25. The first kappa shape index (κ1) is 37.5. The maximum absolute atomic E-state index is 13.3. The Morgan fingerprint density at radius 1 is 0.965 bits per heavy atom. The van der Waals surface area contributed by atoms with Crippen molar-refractivity contribution in [3.8, 4) is 0 Å². The third-order valence-corrected chi connectivity index (χ3v) is 11.0. The van der Waals surface area contributed by atoms with Crippen molar-refractivity contribution in [2.75, 3.05) is 30.3 Å². The fourth-order valence-electron chi connectivity index (χ4n) is 7.93. The average Bonchev–Trinajstić information content (AvgIpc) is 3.97. The van der Waals surface area contributed by atoms with Gasteiger partial charge in [0.15, 0.2) is 0 Å². The van der Waals surface area contributed by atoms with E-state index in [4.69, 9.17) is 4.98 Å². The van der Waals surface area contributed by atoms with Gasteiger partial charge in [0.25, 0.3) is 17.7 Å². The lowest BCUT2D eigenvalue weighted by molar-refractivity contribution is -0.136. The minimum Gasteiger partial charge on any atom is -0.384 e. The summed E-state index contributed by atoms with van der Waals surface area (Å²) in [5.74, 6) is -1.62. The van der Waals surface area contributed by atoms with Crippen LogP contribution in [-0.2, 0) is 27.5 Å². The first-order valence-corrected chi connectivity index (χ1v) is 19.5. The van der Waals surface area contributed by atoms with Crippen LogP contribution in [0.5, 0.6) is 0 Å². The Balaban J connectivity index is 0.773. The van der Waals surface area contributed by atoms with Crippen LogP contribution < -0.4 is 21.3 Å². The van der Waals surface area contributed by atoms with Crippen molar-refractivity contribution in [2.24, 2.45) is 0 Å². The molecule has 2 atom stereocenters. The van der Waals surface area contributed by atoms with Gasteiger partial charge < -0.3 is 20.9 Å². The third kappa shape index (κ3) is 7.85. The molecule has 16 nitrogen and oxygen atoms in total. The molecule has 8 rings (SSSR count). The van der Waals surface area contributed by atoms with Crippen LogP contribution in [0.3, 0.4) is 0 Å². The maximum Gasteiger partial charge on any atom is 0.264 e. The largest absolute Gasteiger partial charge is 0.384 e. The van der Waals surface area contributed by atoms with Crippen molar-refractivity contribution in [3.05, 3.63) is 83.3 Å². The smallest absolute Gasteiger partial charge is 0.264 e. The standard InChI is InChI=1S/C41H44N10O6/c1-24-6-5-18-49(24)23-34-46-29-12-11-27(21-31(29)47-34)45-38(54)25-10-13-32-26(20-25)22-44-50(32)19-17-43-35(52)9-2-3-16-42-30-8-4-7-28-37(30)41(57)51(40(28)56)33-14-15-36(53)48-39(33)55/h4,7-8,10-13,20-22,24,33,42H,2-3,5-6,9,14-19,23H2,1H3,(H,43,52)(H,45,54)(H,46,47)(H,48,53,55)/t24-,33?/m0/s1. The first-order valence-electron chi connectivity index (χ1n) is 19.5. The normalized spacial score (nSPS) is 18.4. The van der Waals surface area contributed by atoms with Gasteiger partial charge in [0.1, 0.15) is 11.9 Å². The van der Waals surface area contributed by atoms with Crippen LogP contribution in [0.15, 0.2) is 60.8 Å². The highest BCUT2D eigenvalue weighted by Crippen LogP contribution is 2.32. The number of H-pyrrole nitrogens is 1. The zero-order valence-electron chi connectivity index (χ0n) is 31.6. The van der Waals surface area contributed by atoms with Gasteiger partial charge in [-0.05, 0) is 94.1 Å². The van der Waals surface area contributed by atoms with E-state index >= 15 is 0 Å². The number of carbonyl (C=O) groups excluding carboxylic acids is 6. The minimum atomic E-state index is -1.03. The summed E-state index contributed by atoms with van der Waals surface area (Å²) in [6.45, 7) is 5.39. The molecule has 5 heterocycles. The quantitative estimate of drug-likeness (QED) is 0.0813. The number of fused-ring (bicyclic) bond motifs is 3. The van der Waals surface area contributed by atoms with Crippen molar-refractivity contribution < 1.29 is 28.8 Å². The van der Waals surface area contributed by atoms with E-state index in [0.29, 0.717) is 61.9 Å². The van der Waals surface area contributed by atoms with Gasteiger partial charge in [0.05, 0.1) is 47.0 Å². The molecule has 5 aromatic rings. The number of aromatic amines is 1. The molecule has 0 spiro atoms. The fourth-order valence-corrected chi connectivity index (χ4v) is 7.93. The molecule has 3 aromatic carbocycles. The van der Waals surface area contributed by atoms with Crippen molar-refractivity contribution in [3.63, 3.8) is 0 Å². The predicted molar refractivity (Wildman–Crippen MR) is 211 cm³/mol. The molecule has 5 N–H and O–H groups in total. The molecule has 0 aliphatic carbocycles. The molecule has 1 unspecified atom stereocenters. The summed E-state index contributed by atoms with van der Waals surface area (Å²) >= 11 is 0. The lowest BCUT2D eigenvalue weighted by atomic mass is 10.0. The molecule has 3 aliphatic heterocycles. The lowest BCUT2D eigenvalue weighted by Crippen LogP contribution is -2.54. The van der Waals surface area contributed by atoms with Crippen LogP contribution in [0.4, 0.5) is 11.4 Å². The zero-order chi connectivity index (χ0) is 39.6. The summed E-state index contributed by atoms with van der Waals surface area (Å²) < 4.78 is 1.79. The van der Waals surface area contributed by atoms with Crippen LogP contribution in [-0.4, -0.2) is 96.7 Å². The second-order valence-corrected chi connectivity index (χ2v) is 14.9. The van der Waals surface area contributed by atoms with E-state index < -0.39 is 29.7 Å². The van der Waals surface area contributed by atoms with Crippen LogP contribution in [0.1, 0.15) is 88.8 Å². The number of likely N-dealkylation sites (tertiary alicyclic amines) is 1. The molecule has 294 valence electrons. The molecule has 0 saturated carbocycles. The van der Waals surface area contributed by atoms with Crippen molar-refractivity contribution in [2.45, 2.75) is 77.0 Å². The Hall–Kier alpha value is -6.42. The number of hydrogen-bond acceptors (Lipinski definition) is 10. The number of piperidine rings is 1. The number of carbonyl (C=O) groups is 6. The van der Waals surface area contributed by atoms with Crippen LogP contribution in [0.25, 0.3) is 21.9 Å². The van der Waals surface area contributed by atoms with E-state index in [2.05, 4.69) is 43.2 Å². The van der Waals surface area contributed by atoms with E-state index in [-0.39, 0.29) is 35.8 Å². The van der Waals surface area contributed by atoms with E-state index in [0.717, 1.165) is 45.8 Å². The van der Waals surface area contributed by atoms with E-state index in [1.165, 1.54) is 12.8 Å². The number of unbranched alkanes of at least 4 members (excludes halogenated alkanes) is 1. The molecule has 16 heteroatoms. The lowest BCUT2D eigenvalue weighted by Gasteiger charge is -2.27. The first-order chi connectivity index (χ1) is 27.6. The highest BCUT2D eigenvalue weighted by atomic mass is 16.2. The summed E-state index contributed by atoms with van der Waals surface area (Å²) in [5.41, 5.74) is 4.64. The van der Waals surface area contributed by atoms with Crippen LogP contribution >= 0.6 is 0 Å². The Labute approximate surface area is 327 Å². The van der Waals surface area contributed by atoms with Gasteiger partial charge in [-0.3, -0.25) is 48.6 Å². The maximum atomic E-state index is 13.3. The molecule has 2 fully saturated rings. The average molecular weight is 773 g/mol. The molecule has 57 heavy (non-hydrogen) atoms. The Kier molecular flexibility index (Phi) is 10.5. The minimum absolute atomic E-state index is 0.0527. The topological polar surface area (TPSA) is 204 Å². The summed E-state index contributed by atoms with van der Waals surface area (Å²) in [7, 11) is 0. The van der Waals surface area contributed by atoms with Gasteiger partial charge in [-0.2, -0.15) is 5.10 Å². The number of aromatic nitrogens is 4. The van der Waals surface area contributed by atoms with Gasteiger partial charge in [-0.25, -0.2) is 4.98 Å². The number of rotatable bonds is 14. The van der Waals surface area contributed by atoms with Gasteiger partial charge in [-0.1, -0.05) is 6.07 Å². The monoisotopic (exact) mass is 772 g/mol. The van der Waals surface area contributed by atoms with Gasteiger partial charge in [0.2, 0.25) is 17.7 Å². The molecular formula is C41H44N10O6. The van der Waals surface area contributed by atoms with Crippen LogP contribution in [0.2, 0.25) is 0 Å². The summed E-state index contributed by atoms with van der Waals surface area (Å²) in [5, 5.41) is 16.6. The number of nitrogens with one attached hydrogen (secondary N) is 5. The zero-order valence-corrected chi connectivity index (χ0v) is 31.6. The van der Waals surface area contributed by atoms with Gasteiger partial charge >= 0.3 is 0 Å². The number of benzene rings is 3. The summed E-state index contributed by atoms with van der Waals surface area (Å²) in [6, 6.07) is 15.5. The highest BCUT2D eigenvalue weighted by Gasteiger charge is 2.45. The number of hydrogen-bond donors (Lipinski definition) is 5. The van der Waals surface area contributed by atoms with Crippen molar-refractivity contribution >= 4 is 68.8 Å². The predicted octanol–water partition coefficient (Wildman–Crippen LogP) is 3.95. The molecule has 2 aromatic heterocycles. The van der Waals surface area contributed by atoms with Crippen molar-refractivity contribution in [1.82, 2.24) is 40.2 Å². The summed E-state index contributed by atoms with van der Waals surface area (Å²) in [6.07, 6.45) is 5.79. The third-order valence-electron chi connectivity index (χ3n) is 11.0. The number of amides is 6. The molecule has 0 bridgehead atoms. The second-order valence-electron chi connectivity index (χ2n) is 14.9. The number of imidazole rings is 1. The fraction of sp³-hybridized carbons (Fsp3) is 0.366. The SMILES string of the molecule is C[C@H]1CCCN1Cc1nc2cc(NC(=O)c3ccc4c(cnn4CCNC(=O)CCCCNc4cccc5c4C(=O)N(C4CCC(=O)NC4=O)C5=O)c3)ccc2[nH]1. The van der Waals surface area contributed by atoms with E-state index in [9.17, 15) is 28.8 Å². The van der Waals surface area contributed by atoms with E-state index in [1.807, 2.05) is 24.3 Å². The molecule has 2 saturated heterocycles. The Morgan fingerprint density at radius 2 is 1.84 bits per heavy atom. The van der Waals surface area contributed by atoms with Crippen LogP contribution in [0, 0.1) is 0 Å². The molecule has 6 amide bonds. The van der Waals surface area contributed by atoms with Crippen molar-refractivity contribution in [1.29, 1.82) is 0 Å². The number of nitrogens with zero attached hydrogens (tertiary/aromatic N) is 5. The summed E-state index contributed by atoms with van der Waals surface area (Å²) in [4.78, 5) is 87.7.